The van der Waals surface area contributed by atoms with Crippen LogP contribution in [0.2, 0.25) is 0 Å². The first kappa shape index (κ1) is 22.1. The number of halogens is 1. The van der Waals surface area contributed by atoms with Crippen molar-refractivity contribution in [2.75, 3.05) is 11.9 Å². The van der Waals surface area contributed by atoms with Crippen LogP contribution < -0.4 is 15.4 Å². The number of nitrogens with one attached hydrogen (secondary N) is 2. The van der Waals surface area contributed by atoms with Gasteiger partial charge in [0.05, 0.1) is 12.1 Å². The first-order valence-electron chi connectivity index (χ1n) is 11.4. The van der Waals surface area contributed by atoms with E-state index < -0.39 is 0 Å². The van der Waals surface area contributed by atoms with Crippen LogP contribution in [0.25, 0.3) is 10.9 Å². The van der Waals surface area contributed by atoms with Gasteiger partial charge in [-0.15, -0.1) is 0 Å². The Morgan fingerprint density at radius 2 is 1.88 bits per heavy atom. The molecule has 5 nitrogen and oxygen atoms in total. The molecule has 1 heterocycles. The molecular formula is C26H30FN3O2. The van der Waals surface area contributed by atoms with Crippen molar-refractivity contribution in [2.24, 2.45) is 5.92 Å². The first-order chi connectivity index (χ1) is 15.5. The van der Waals surface area contributed by atoms with Crippen molar-refractivity contribution < 1.29 is 13.9 Å². The number of rotatable bonds is 6. The number of hydrogen-bond acceptors (Lipinski definition) is 3. The molecule has 1 saturated carbocycles. The zero-order chi connectivity index (χ0) is 22.5. The van der Waals surface area contributed by atoms with Gasteiger partial charge in [0.2, 0.25) is 0 Å². The van der Waals surface area contributed by atoms with Crippen LogP contribution in [-0.2, 0) is 0 Å². The molecule has 0 unspecified atom stereocenters. The number of ether oxygens (including phenoxy) is 1. The zero-order valence-corrected chi connectivity index (χ0v) is 18.6. The van der Waals surface area contributed by atoms with Gasteiger partial charge in [0.25, 0.3) is 0 Å². The van der Waals surface area contributed by atoms with E-state index in [0.717, 1.165) is 48.0 Å². The first-order valence-corrected chi connectivity index (χ1v) is 11.4. The van der Waals surface area contributed by atoms with E-state index in [0.29, 0.717) is 18.4 Å². The lowest BCUT2D eigenvalue weighted by atomic mass is 9.75. The van der Waals surface area contributed by atoms with Crippen LogP contribution in [0.3, 0.4) is 0 Å². The van der Waals surface area contributed by atoms with Gasteiger partial charge in [-0.05, 0) is 105 Å². The van der Waals surface area contributed by atoms with Gasteiger partial charge >= 0.3 is 6.03 Å². The Morgan fingerprint density at radius 3 is 2.59 bits per heavy atom. The third-order valence-corrected chi connectivity index (χ3v) is 6.44. The molecule has 1 aromatic heterocycles. The number of pyridine rings is 1. The number of carbonyl (C=O) groups excluding carboxylic acids is 1. The Bertz CT molecular complexity index is 1060. The second-order valence-electron chi connectivity index (χ2n) is 8.52. The van der Waals surface area contributed by atoms with E-state index in [1.54, 1.807) is 12.1 Å². The lowest BCUT2D eigenvalue weighted by Crippen LogP contribution is -2.41. The summed E-state index contributed by atoms with van der Waals surface area (Å²) >= 11 is 0. The average molecular weight is 436 g/mol. The number of hydrogen-bond donors (Lipinski definition) is 2. The summed E-state index contributed by atoms with van der Waals surface area (Å²) in [6.07, 6.45) is 5.90. The third-order valence-electron chi connectivity index (χ3n) is 6.44. The van der Waals surface area contributed by atoms with Gasteiger partial charge in [-0.25, -0.2) is 9.18 Å². The van der Waals surface area contributed by atoms with Crippen LogP contribution in [-0.4, -0.2) is 23.7 Å². The molecule has 2 N–H and O–H groups in total. The number of urea groups is 1. The summed E-state index contributed by atoms with van der Waals surface area (Å²) < 4.78 is 19.2. The van der Waals surface area contributed by atoms with Crippen LogP contribution in [0.15, 0.2) is 54.7 Å². The van der Waals surface area contributed by atoms with Crippen molar-refractivity contribution in [1.29, 1.82) is 0 Å². The fourth-order valence-electron chi connectivity index (χ4n) is 4.72. The topological polar surface area (TPSA) is 63.2 Å². The average Bonchev–Trinajstić information content (AvgIpc) is 2.80. The second kappa shape index (κ2) is 9.98. The largest absolute Gasteiger partial charge is 0.494 e. The van der Waals surface area contributed by atoms with E-state index in [4.69, 9.17) is 4.74 Å². The minimum absolute atomic E-state index is 0.0743. The maximum atomic E-state index is 13.8. The number of anilines is 1. The fraction of sp³-hybridized carbons (Fsp3) is 0.385. The van der Waals surface area contributed by atoms with Gasteiger partial charge in [0, 0.05) is 23.3 Å². The summed E-state index contributed by atoms with van der Waals surface area (Å²) in [4.78, 5) is 16.8. The number of fused-ring (bicyclic) bond motifs is 1. The molecule has 0 radical (unpaired) electrons. The number of carbonyl (C=O) groups is 1. The van der Waals surface area contributed by atoms with Crippen molar-refractivity contribution in [2.45, 2.75) is 51.5 Å². The number of amides is 2. The van der Waals surface area contributed by atoms with Crippen LogP contribution in [0.5, 0.6) is 5.75 Å². The SMILES string of the molecule is CCOc1ccc(NC(=O)N[C@H](C)C2CCC(c3ccnc4ccc(F)cc34)CC2)cc1. The normalized spacial score (nSPS) is 19.3. The van der Waals surface area contributed by atoms with Crippen LogP contribution >= 0.6 is 0 Å². The molecule has 2 amide bonds. The lowest BCUT2D eigenvalue weighted by molar-refractivity contribution is 0.231. The minimum Gasteiger partial charge on any atom is -0.494 e. The van der Waals surface area contributed by atoms with Crippen molar-refractivity contribution in [3.8, 4) is 5.75 Å². The molecule has 32 heavy (non-hydrogen) atoms. The zero-order valence-electron chi connectivity index (χ0n) is 18.6. The molecule has 4 rings (SSSR count). The summed E-state index contributed by atoms with van der Waals surface area (Å²) in [6, 6.07) is 14.1. The highest BCUT2D eigenvalue weighted by atomic mass is 19.1. The van der Waals surface area contributed by atoms with Crippen molar-refractivity contribution in [3.63, 3.8) is 0 Å². The molecule has 1 aliphatic rings. The molecule has 1 aliphatic carbocycles. The van der Waals surface area contributed by atoms with E-state index in [2.05, 4.69) is 22.5 Å². The lowest BCUT2D eigenvalue weighted by Gasteiger charge is -2.33. The van der Waals surface area contributed by atoms with E-state index in [9.17, 15) is 9.18 Å². The molecule has 6 heteroatoms. The molecule has 0 bridgehead atoms. The van der Waals surface area contributed by atoms with E-state index in [-0.39, 0.29) is 17.9 Å². The Morgan fingerprint density at radius 1 is 1.12 bits per heavy atom. The smallest absolute Gasteiger partial charge is 0.319 e. The van der Waals surface area contributed by atoms with Gasteiger partial charge in [-0.2, -0.15) is 0 Å². The monoisotopic (exact) mass is 435 g/mol. The van der Waals surface area contributed by atoms with Crippen LogP contribution in [0.1, 0.15) is 51.0 Å². The summed E-state index contributed by atoms with van der Waals surface area (Å²) in [5, 5.41) is 6.90. The Balaban J connectivity index is 1.31. The van der Waals surface area contributed by atoms with Crippen molar-refractivity contribution in [3.05, 3.63) is 66.1 Å². The van der Waals surface area contributed by atoms with Gasteiger partial charge < -0.3 is 15.4 Å². The molecule has 1 atom stereocenters. The molecule has 1 fully saturated rings. The van der Waals surface area contributed by atoms with Gasteiger partial charge in [-0.3, -0.25) is 4.98 Å². The van der Waals surface area contributed by atoms with Gasteiger partial charge in [0.1, 0.15) is 11.6 Å². The van der Waals surface area contributed by atoms with Gasteiger partial charge in [-0.1, -0.05) is 0 Å². The van der Waals surface area contributed by atoms with Gasteiger partial charge in [0.15, 0.2) is 0 Å². The molecule has 168 valence electrons. The van der Waals surface area contributed by atoms with E-state index in [1.165, 1.54) is 11.6 Å². The Kier molecular flexibility index (Phi) is 6.88. The standard InChI is InChI=1S/C26H30FN3O2/c1-3-32-22-11-9-21(10-12-22)30-26(31)29-17(2)18-4-6-19(7-5-18)23-14-15-28-25-13-8-20(27)16-24(23)25/h8-19H,3-7H2,1-2H3,(H2,29,30,31)/t17-,18?,19?/m1/s1. The maximum Gasteiger partial charge on any atom is 0.319 e. The number of aromatic nitrogens is 1. The molecule has 2 aromatic carbocycles. The summed E-state index contributed by atoms with van der Waals surface area (Å²) in [7, 11) is 0. The fourth-order valence-corrected chi connectivity index (χ4v) is 4.72. The number of benzene rings is 2. The molecule has 0 aliphatic heterocycles. The second-order valence-corrected chi connectivity index (χ2v) is 8.52. The predicted molar refractivity (Wildman–Crippen MR) is 126 cm³/mol. The summed E-state index contributed by atoms with van der Waals surface area (Å²) in [6.45, 7) is 4.62. The summed E-state index contributed by atoms with van der Waals surface area (Å²) in [5.74, 6) is 1.37. The predicted octanol–water partition coefficient (Wildman–Crippen LogP) is 6.26. The Labute approximate surface area is 188 Å². The van der Waals surface area contributed by atoms with Crippen molar-refractivity contribution >= 4 is 22.6 Å². The van der Waals surface area contributed by atoms with E-state index in [1.807, 2.05) is 43.5 Å². The highest BCUT2D eigenvalue weighted by Gasteiger charge is 2.28. The molecule has 3 aromatic rings. The Hall–Kier alpha value is -3.15. The van der Waals surface area contributed by atoms with Crippen molar-refractivity contribution in [1.82, 2.24) is 10.3 Å². The quantitative estimate of drug-likeness (QED) is 0.481. The maximum absolute atomic E-state index is 13.8. The van der Waals surface area contributed by atoms with Crippen LogP contribution in [0.4, 0.5) is 14.9 Å². The molecule has 0 spiro atoms. The number of nitrogens with zero attached hydrogens (tertiary/aromatic N) is 1. The summed E-state index contributed by atoms with van der Waals surface area (Å²) in [5.41, 5.74) is 2.76. The highest BCUT2D eigenvalue weighted by molar-refractivity contribution is 5.89. The van der Waals surface area contributed by atoms with E-state index >= 15 is 0 Å². The minimum atomic E-state index is -0.225. The highest BCUT2D eigenvalue weighted by Crippen LogP contribution is 2.39. The third kappa shape index (κ3) is 5.18. The molecular weight excluding hydrogens is 405 g/mol. The molecule has 0 saturated heterocycles. The van der Waals surface area contributed by atoms with Crippen LogP contribution in [0, 0.1) is 11.7 Å².